The monoisotopic (exact) mass is 322 g/mol. The van der Waals surface area contributed by atoms with E-state index in [2.05, 4.69) is 36.1 Å². The number of halogens is 1. The van der Waals surface area contributed by atoms with E-state index in [0.717, 1.165) is 10.0 Å². The minimum atomic E-state index is 0.382. The van der Waals surface area contributed by atoms with Gasteiger partial charge in [-0.25, -0.2) is 9.98 Å². The molecule has 0 amide bonds. The molecule has 0 fully saturated rings. The normalized spacial score (nSPS) is 11.6. The first-order valence-electron chi connectivity index (χ1n) is 5.70. The van der Waals surface area contributed by atoms with Crippen LogP contribution in [0.25, 0.3) is 11.4 Å². The lowest BCUT2D eigenvalue weighted by atomic mass is 10.2. The van der Waals surface area contributed by atoms with Crippen LogP contribution in [0.15, 0.2) is 33.7 Å². The molecule has 0 unspecified atom stereocenters. The molecule has 0 bridgehead atoms. The summed E-state index contributed by atoms with van der Waals surface area (Å²) in [5.41, 5.74) is 6.66. The molecule has 19 heavy (non-hydrogen) atoms. The van der Waals surface area contributed by atoms with Crippen LogP contribution < -0.4 is 5.73 Å². The third-order valence-corrected chi connectivity index (χ3v) is 3.01. The van der Waals surface area contributed by atoms with E-state index < -0.39 is 0 Å². The van der Waals surface area contributed by atoms with Crippen LogP contribution in [0, 0.1) is 0 Å². The smallest absolute Gasteiger partial charge is 0.191 e. The minimum Gasteiger partial charge on any atom is -0.370 e. The quantitative estimate of drug-likeness (QED) is 0.664. The van der Waals surface area contributed by atoms with Crippen molar-refractivity contribution in [2.45, 2.75) is 6.54 Å². The molecule has 1 aromatic heterocycles. The van der Waals surface area contributed by atoms with Gasteiger partial charge in [-0.05, 0) is 12.1 Å². The van der Waals surface area contributed by atoms with Gasteiger partial charge < -0.3 is 10.6 Å². The lowest BCUT2D eigenvalue weighted by Gasteiger charge is -2.09. The molecule has 0 aliphatic carbocycles. The van der Waals surface area contributed by atoms with Crippen LogP contribution in [0.3, 0.4) is 0 Å². The van der Waals surface area contributed by atoms with Crippen LogP contribution >= 0.6 is 15.9 Å². The highest BCUT2D eigenvalue weighted by atomic mass is 79.9. The zero-order valence-electron chi connectivity index (χ0n) is 10.8. The number of hydrogen-bond acceptors (Lipinski definition) is 3. The largest absolute Gasteiger partial charge is 0.370 e. The van der Waals surface area contributed by atoms with Gasteiger partial charge in [-0.1, -0.05) is 28.1 Å². The first kappa shape index (κ1) is 13.5. The van der Waals surface area contributed by atoms with Gasteiger partial charge in [0.25, 0.3) is 0 Å². The summed E-state index contributed by atoms with van der Waals surface area (Å²) in [7, 11) is 3.68. The van der Waals surface area contributed by atoms with Gasteiger partial charge in [0, 0.05) is 24.1 Å². The molecular weight excluding hydrogens is 308 g/mol. The summed E-state index contributed by atoms with van der Waals surface area (Å²) in [4.78, 5) is 10.3. The zero-order chi connectivity index (χ0) is 13.8. The third kappa shape index (κ3) is 3.54. The van der Waals surface area contributed by atoms with Crippen molar-refractivity contribution in [3.8, 4) is 11.4 Å². The molecular formula is C12H15BrN6. The van der Waals surface area contributed by atoms with E-state index >= 15 is 0 Å². The first-order chi connectivity index (χ1) is 9.06. The molecule has 2 rings (SSSR count). The molecule has 2 aromatic rings. The van der Waals surface area contributed by atoms with Crippen molar-refractivity contribution < 1.29 is 0 Å². The van der Waals surface area contributed by atoms with Crippen molar-refractivity contribution in [3.63, 3.8) is 0 Å². The minimum absolute atomic E-state index is 0.382. The molecule has 0 spiro atoms. The Balaban J connectivity index is 2.11. The number of aromatic nitrogens is 3. The number of rotatable bonds is 3. The summed E-state index contributed by atoms with van der Waals surface area (Å²) < 4.78 is 1.02. The average molecular weight is 323 g/mol. The van der Waals surface area contributed by atoms with E-state index in [0.29, 0.717) is 24.2 Å². The number of aromatic amines is 1. The molecule has 0 atom stereocenters. The number of benzene rings is 1. The summed E-state index contributed by atoms with van der Waals surface area (Å²) in [5.74, 6) is 1.80. The Morgan fingerprint density at radius 1 is 1.37 bits per heavy atom. The molecule has 100 valence electrons. The molecule has 1 aromatic carbocycles. The van der Waals surface area contributed by atoms with Crippen LogP contribution in [0.4, 0.5) is 0 Å². The second-order valence-electron chi connectivity index (χ2n) is 4.18. The number of nitrogens with zero attached hydrogens (tertiary/aromatic N) is 4. The van der Waals surface area contributed by atoms with Gasteiger partial charge in [-0.2, -0.15) is 5.10 Å². The Labute approximate surface area is 119 Å². The van der Waals surface area contributed by atoms with E-state index in [9.17, 15) is 0 Å². The number of nitrogens with two attached hydrogens (primary N) is 1. The zero-order valence-corrected chi connectivity index (χ0v) is 12.3. The standard InChI is InChI=1S/C12H15BrN6/c1-19(2)12(14)15-7-10-16-11(18-17-10)8-3-5-9(13)6-4-8/h3-6H,7H2,1-2H3,(H2,14,15)(H,16,17,18). The molecule has 0 aliphatic rings. The maximum absolute atomic E-state index is 5.71. The lowest BCUT2D eigenvalue weighted by Crippen LogP contribution is -2.30. The molecule has 1 heterocycles. The van der Waals surface area contributed by atoms with E-state index in [1.54, 1.807) is 4.90 Å². The molecule has 7 heteroatoms. The summed E-state index contributed by atoms with van der Waals surface area (Å²) in [5, 5.41) is 7.02. The van der Waals surface area contributed by atoms with Gasteiger partial charge in [0.05, 0.1) is 0 Å². The second kappa shape index (κ2) is 5.83. The average Bonchev–Trinajstić information content (AvgIpc) is 2.85. The Bertz CT molecular complexity index is 572. The first-order valence-corrected chi connectivity index (χ1v) is 6.50. The van der Waals surface area contributed by atoms with Crippen LogP contribution in [0.1, 0.15) is 5.82 Å². The molecule has 0 saturated carbocycles. The van der Waals surface area contributed by atoms with Crippen molar-refractivity contribution in [2.75, 3.05) is 14.1 Å². The predicted molar refractivity (Wildman–Crippen MR) is 78.5 cm³/mol. The van der Waals surface area contributed by atoms with Crippen molar-refractivity contribution in [2.24, 2.45) is 10.7 Å². The van der Waals surface area contributed by atoms with E-state index in [4.69, 9.17) is 5.73 Å². The number of guanidine groups is 1. The summed E-state index contributed by atoms with van der Waals surface area (Å²) in [6.45, 7) is 0.382. The van der Waals surface area contributed by atoms with Crippen molar-refractivity contribution in [1.82, 2.24) is 20.1 Å². The van der Waals surface area contributed by atoms with Gasteiger partial charge in [-0.3, -0.25) is 5.10 Å². The maximum Gasteiger partial charge on any atom is 0.191 e. The molecule has 0 aliphatic heterocycles. The van der Waals surface area contributed by atoms with Gasteiger partial charge in [-0.15, -0.1) is 0 Å². The van der Waals surface area contributed by atoms with Gasteiger partial charge >= 0.3 is 0 Å². The summed E-state index contributed by atoms with van der Waals surface area (Å²) >= 11 is 3.39. The van der Waals surface area contributed by atoms with Crippen LogP contribution in [0.2, 0.25) is 0 Å². The van der Waals surface area contributed by atoms with Gasteiger partial charge in [0.2, 0.25) is 0 Å². The SMILES string of the molecule is CN(C)C(N)=NCc1nc(-c2ccc(Br)cc2)n[nH]1. The van der Waals surface area contributed by atoms with E-state index in [1.807, 2.05) is 38.4 Å². The number of nitrogens with one attached hydrogen (secondary N) is 1. The maximum atomic E-state index is 5.71. The summed E-state index contributed by atoms with van der Waals surface area (Å²) in [6.07, 6.45) is 0. The van der Waals surface area contributed by atoms with Crippen LogP contribution in [-0.4, -0.2) is 40.1 Å². The van der Waals surface area contributed by atoms with Crippen molar-refractivity contribution in [3.05, 3.63) is 34.6 Å². The highest BCUT2D eigenvalue weighted by Gasteiger charge is 2.05. The van der Waals surface area contributed by atoms with E-state index in [1.165, 1.54) is 0 Å². The highest BCUT2D eigenvalue weighted by Crippen LogP contribution is 2.18. The van der Waals surface area contributed by atoms with E-state index in [-0.39, 0.29) is 0 Å². The van der Waals surface area contributed by atoms with Crippen molar-refractivity contribution >= 4 is 21.9 Å². The summed E-state index contributed by atoms with van der Waals surface area (Å²) in [6, 6.07) is 7.81. The fraction of sp³-hybridized carbons (Fsp3) is 0.250. The van der Waals surface area contributed by atoms with Crippen LogP contribution in [-0.2, 0) is 6.54 Å². The lowest BCUT2D eigenvalue weighted by molar-refractivity contribution is 0.608. The topological polar surface area (TPSA) is 83.2 Å². The second-order valence-corrected chi connectivity index (χ2v) is 5.10. The predicted octanol–water partition coefficient (Wildman–Crippen LogP) is 1.61. The number of H-pyrrole nitrogens is 1. The molecule has 0 radical (unpaired) electrons. The van der Waals surface area contributed by atoms with Gasteiger partial charge in [0.1, 0.15) is 12.4 Å². The Hall–Kier alpha value is -1.89. The fourth-order valence-corrected chi connectivity index (χ4v) is 1.66. The molecule has 0 saturated heterocycles. The Morgan fingerprint density at radius 3 is 2.68 bits per heavy atom. The highest BCUT2D eigenvalue weighted by molar-refractivity contribution is 9.10. The molecule has 3 N–H and O–H groups in total. The van der Waals surface area contributed by atoms with Crippen molar-refractivity contribution in [1.29, 1.82) is 0 Å². The Morgan fingerprint density at radius 2 is 2.05 bits per heavy atom. The van der Waals surface area contributed by atoms with Crippen LogP contribution in [0.5, 0.6) is 0 Å². The van der Waals surface area contributed by atoms with Gasteiger partial charge in [0.15, 0.2) is 11.8 Å². The number of hydrogen-bond donors (Lipinski definition) is 2. The third-order valence-electron chi connectivity index (χ3n) is 2.48. The fourth-order valence-electron chi connectivity index (χ4n) is 1.39. The molecule has 6 nitrogen and oxygen atoms in total. The Kier molecular flexibility index (Phi) is 4.16. The number of aliphatic imine (C=N–C) groups is 1.